The van der Waals surface area contributed by atoms with E-state index < -0.39 is 0 Å². The van der Waals surface area contributed by atoms with Gasteiger partial charge in [0.25, 0.3) is 0 Å². The second-order valence-electron chi connectivity index (χ2n) is 3.11. The summed E-state index contributed by atoms with van der Waals surface area (Å²) >= 11 is 3.02. The highest BCUT2D eigenvalue weighted by atomic mass is 79.9. The zero-order chi connectivity index (χ0) is 10.7. The van der Waals surface area contributed by atoms with Crippen LogP contribution in [-0.4, -0.2) is 12.3 Å². The van der Waals surface area contributed by atoms with Gasteiger partial charge in [-0.1, -0.05) is 6.07 Å². The van der Waals surface area contributed by atoms with Gasteiger partial charge in [0.1, 0.15) is 0 Å². The van der Waals surface area contributed by atoms with Crippen molar-refractivity contribution in [2.45, 2.75) is 6.42 Å². The normalized spacial score (nSPS) is 9.81. The van der Waals surface area contributed by atoms with E-state index in [2.05, 4.69) is 0 Å². The van der Waals surface area contributed by atoms with Gasteiger partial charge in [0.15, 0.2) is 0 Å². The molecular weight excluding hydrogens is 306 g/mol. The van der Waals surface area contributed by atoms with Crippen molar-refractivity contribution in [2.24, 2.45) is 5.73 Å². The molecule has 0 unspecified atom stereocenters. The molecule has 0 spiro atoms. The maximum absolute atomic E-state index is 11.9. The Morgan fingerprint density at radius 1 is 1.25 bits per heavy atom. The predicted octanol–water partition coefficient (Wildman–Crippen LogP) is 3.12. The van der Waals surface area contributed by atoms with Gasteiger partial charge in [0.2, 0.25) is 5.78 Å². The fraction of sp³-hybridized carbons (Fsp3) is 0.182. The molecular formula is C11H12BrNOS2. The first kappa shape index (κ1) is 13.6. The molecule has 0 saturated carbocycles. The first-order chi connectivity index (χ1) is 7.31. The van der Waals surface area contributed by atoms with Crippen molar-refractivity contribution in [1.82, 2.24) is 0 Å². The van der Waals surface area contributed by atoms with Crippen molar-refractivity contribution in [3.8, 4) is 0 Å². The topological polar surface area (TPSA) is 43.1 Å². The zero-order valence-corrected chi connectivity index (χ0v) is 11.9. The standard InChI is InChI=1S/C11H11NOS2.BrH/c12-6-5-8-3-4-10(15-8)11(13)9-2-1-7-14-9;/h1-4,7H,5-6,12H2;1H. The number of rotatable bonds is 4. The number of thiophene rings is 2. The molecule has 2 rings (SSSR count). The minimum Gasteiger partial charge on any atom is -0.330 e. The van der Waals surface area contributed by atoms with Crippen LogP contribution in [0, 0.1) is 0 Å². The fourth-order valence-corrected chi connectivity index (χ4v) is 3.03. The van der Waals surface area contributed by atoms with Gasteiger partial charge in [-0.15, -0.1) is 39.7 Å². The molecule has 0 aliphatic carbocycles. The molecule has 2 aromatic heterocycles. The number of hydrogen-bond donors (Lipinski definition) is 1. The predicted molar refractivity (Wildman–Crippen MR) is 75.2 cm³/mol. The summed E-state index contributed by atoms with van der Waals surface area (Å²) in [5.41, 5.74) is 5.46. The molecule has 0 fully saturated rings. The lowest BCUT2D eigenvalue weighted by molar-refractivity contribution is 0.104. The van der Waals surface area contributed by atoms with Gasteiger partial charge < -0.3 is 5.73 Å². The van der Waals surface area contributed by atoms with Gasteiger partial charge in [0, 0.05) is 4.88 Å². The summed E-state index contributed by atoms with van der Waals surface area (Å²) in [5, 5.41) is 1.92. The molecule has 0 aliphatic heterocycles. The Hall–Kier alpha value is -0.490. The highest BCUT2D eigenvalue weighted by molar-refractivity contribution is 8.93. The van der Waals surface area contributed by atoms with Crippen LogP contribution in [-0.2, 0) is 6.42 Å². The lowest BCUT2D eigenvalue weighted by Crippen LogP contribution is -2.00. The van der Waals surface area contributed by atoms with E-state index >= 15 is 0 Å². The second-order valence-corrected chi connectivity index (χ2v) is 5.23. The molecule has 0 aromatic carbocycles. The molecule has 0 bridgehead atoms. The van der Waals surface area contributed by atoms with Crippen LogP contribution in [0.4, 0.5) is 0 Å². The number of carbonyl (C=O) groups is 1. The van der Waals surface area contributed by atoms with E-state index in [1.165, 1.54) is 16.2 Å². The fourth-order valence-electron chi connectivity index (χ4n) is 1.31. The first-order valence-corrected chi connectivity index (χ1v) is 6.38. The molecule has 0 radical (unpaired) electrons. The number of nitrogens with two attached hydrogens (primary N) is 1. The largest absolute Gasteiger partial charge is 0.330 e. The molecule has 0 saturated heterocycles. The van der Waals surface area contributed by atoms with Crippen molar-refractivity contribution in [3.05, 3.63) is 44.3 Å². The van der Waals surface area contributed by atoms with Gasteiger partial charge in [-0.25, -0.2) is 0 Å². The van der Waals surface area contributed by atoms with Gasteiger partial charge in [-0.2, -0.15) is 0 Å². The van der Waals surface area contributed by atoms with E-state index in [0.717, 1.165) is 16.2 Å². The Balaban J connectivity index is 0.00000128. The van der Waals surface area contributed by atoms with Gasteiger partial charge >= 0.3 is 0 Å². The molecule has 0 atom stereocenters. The summed E-state index contributed by atoms with van der Waals surface area (Å²) in [4.78, 5) is 14.7. The first-order valence-electron chi connectivity index (χ1n) is 4.68. The second kappa shape index (κ2) is 6.30. The van der Waals surface area contributed by atoms with Crippen LogP contribution in [0.2, 0.25) is 0 Å². The smallest absolute Gasteiger partial charge is 0.212 e. The van der Waals surface area contributed by atoms with Crippen molar-refractivity contribution in [1.29, 1.82) is 0 Å². The third kappa shape index (κ3) is 3.01. The Labute approximate surface area is 113 Å². The van der Waals surface area contributed by atoms with Crippen molar-refractivity contribution in [2.75, 3.05) is 6.54 Å². The minimum absolute atomic E-state index is 0. The van der Waals surface area contributed by atoms with E-state index in [1.54, 1.807) is 11.3 Å². The summed E-state index contributed by atoms with van der Waals surface area (Å²) in [6.45, 7) is 0.632. The molecule has 16 heavy (non-hydrogen) atoms. The monoisotopic (exact) mass is 317 g/mol. The summed E-state index contributed by atoms with van der Waals surface area (Å²) in [7, 11) is 0. The van der Waals surface area contributed by atoms with Crippen LogP contribution in [0.25, 0.3) is 0 Å². The van der Waals surface area contributed by atoms with Gasteiger partial charge in [-0.3, -0.25) is 4.79 Å². The average molecular weight is 318 g/mol. The quantitative estimate of drug-likeness (QED) is 0.880. The molecule has 2 N–H and O–H groups in total. The molecule has 2 aromatic rings. The Morgan fingerprint density at radius 3 is 2.69 bits per heavy atom. The van der Waals surface area contributed by atoms with Crippen LogP contribution in [0.5, 0.6) is 0 Å². The lowest BCUT2D eigenvalue weighted by atomic mass is 10.2. The number of hydrogen-bond acceptors (Lipinski definition) is 4. The third-order valence-corrected chi connectivity index (χ3v) is 4.03. The molecule has 2 heterocycles. The zero-order valence-electron chi connectivity index (χ0n) is 8.51. The van der Waals surface area contributed by atoms with Gasteiger partial charge in [0.05, 0.1) is 9.75 Å². The maximum atomic E-state index is 11.9. The SMILES string of the molecule is Br.NCCc1ccc(C(=O)c2cccs2)s1. The average Bonchev–Trinajstić information content (AvgIpc) is 2.87. The van der Waals surface area contributed by atoms with Crippen molar-refractivity contribution >= 4 is 45.4 Å². The van der Waals surface area contributed by atoms with E-state index in [0.29, 0.717) is 6.54 Å². The van der Waals surface area contributed by atoms with Crippen LogP contribution in [0.15, 0.2) is 29.6 Å². The molecule has 86 valence electrons. The van der Waals surface area contributed by atoms with Crippen molar-refractivity contribution in [3.63, 3.8) is 0 Å². The van der Waals surface area contributed by atoms with Crippen LogP contribution in [0.3, 0.4) is 0 Å². The molecule has 0 aliphatic rings. The minimum atomic E-state index is 0. The molecule has 0 amide bonds. The summed E-state index contributed by atoms with van der Waals surface area (Å²) in [6, 6.07) is 7.62. The number of carbonyl (C=O) groups excluding carboxylic acids is 1. The Bertz CT molecular complexity index is 450. The summed E-state index contributed by atoms with van der Waals surface area (Å²) < 4.78 is 0. The van der Waals surface area contributed by atoms with E-state index in [-0.39, 0.29) is 22.8 Å². The van der Waals surface area contributed by atoms with E-state index in [9.17, 15) is 4.79 Å². The summed E-state index contributed by atoms with van der Waals surface area (Å²) in [5.74, 6) is 0.123. The number of halogens is 1. The van der Waals surface area contributed by atoms with Crippen molar-refractivity contribution < 1.29 is 4.79 Å². The Morgan fingerprint density at radius 2 is 2.06 bits per heavy atom. The molecule has 5 heteroatoms. The highest BCUT2D eigenvalue weighted by Gasteiger charge is 2.12. The van der Waals surface area contributed by atoms with Crippen LogP contribution in [0.1, 0.15) is 19.4 Å². The van der Waals surface area contributed by atoms with Crippen LogP contribution >= 0.6 is 39.7 Å². The van der Waals surface area contributed by atoms with Crippen LogP contribution < -0.4 is 5.73 Å². The summed E-state index contributed by atoms with van der Waals surface area (Å²) in [6.07, 6.45) is 0.850. The van der Waals surface area contributed by atoms with Gasteiger partial charge in [-0.05, 0) is 36.5 Å². The highest BCUT2D eigenvalue weighted by Crippen LogP contribution is 2.22. The Kier molecular flexibility index (Phi) is 5.34. The maximum Gasteiger partial charge on any atom is 0.212 e. The molecule has 2 nitrogen and oxygen atoms in total. The number of ketones is 1. The lowest BCUT2D eigenvalue weighted by Gasteiger charge is -1.92. The van der Waals surface area contributed by atoms with E-state index in [1.807, 2.05) is 29.6 Å². The third-order valence-electron chi connectivity index (χ3n) is 2.02. The van der Waals surface area contributed by atoms with E-state index in [4.69, 9.17) is 5.73 Å².